The Morgan fingerprint density at radius 3 is 2.85 bits per heavy atom. The van der Waals surface area contributed by atoms with Crippen molar-refractivity contribution in [2.24, 2.45) is 0 Å². The normalized spacial score (nSPS) is 10.3. The number of aromatic carboxylic acids is 1. The maximum Gasteiger partial charge on any atom is 0.340 e. The fourth-order valence-corrected chi connectivity index (χ4v) is 2.76. The smallest absolute Gasteiger partial charge is 0.340 e. The molecule has 0 saturated carbocycles. The number of rotatable bonds is 3. The maximum atomic E-state index is 12.1. The van der Waals surface area contributed by atoms with E-state index in [-0.39, 0.29) is 21.3 Å². The van der Waals surface area contributed by atoms with E-state index in [4.69, 9.17) is 16.7 Å². The first-order valence-electron chi connectivity index (χ1n) is 5.22. The SMILES string of the molecule is Cc1nsc(NC(=O)c2cc(Br)cnc2Cl)c1C(=O)O. The molecule has 1 amide bonds. The summed E-state index contributed by atoms with van der Waals surface area (Å²) in [6.07, 6.45) is 1.46. The number of hydrogen-bond donors (Lipinski definition) is 2. The molecule has 104 valence electrons. The highest BCUT2D eigenvalue weighted by Gasteiger charge is 2.21. The number of amides is 1. The van der Waals surface area contributed by atoms with Gasteiger partial charge >= 0.3 is 5.97 Å². The Labute approximate surface area is 131 Å². The maximum absolute atomic E-state index is 12.1. The van der Waals surface area contributed by atoms with Gasteiger partial charge in [0, 0.05) is 10.7 Å². The number of nitrogens with one attached hydrogen (secondary N) is 1. The van der Waals surface area contributed by atoms with Crippen LogP contribution in [-0.4, -0.2) is 26.3 Å². The molecule has 0 unspecified atom stereocenters. The number of carboxylic acid groups (broad SMARTS) is 1. The third-order valence-corrected chi connectivity index (χ3v) is 3.94. The summed E-state index contributed by atoms with van der Waals surface area (Å²) in [6, 6.07) is 1.50. The second kappa shape index (κ2) is 5.86. The van der Waals surface area contributed by atoms with Gasteiger partial charge in [-0.15, -0.1) is 0 Å². The van der Waals surface area contributed by atoms with Crippen molar-refractivity contribution in [3.05, 3.63) is 38.7 Å². The Hall–Kier alpha value is -1.51. The number of aromatic nitrogens is 2. The summed E-state index contributed by atoms with van der Waals surface area (Å²) in [5, 5.41) is 11.8. The lowest BCUT2D eigenvalue weighted by atomic mass is 10.2. The van der Waals surface area contributed by atoms with E-state index in [2.05, 4.69) is 30.6 Å². The van der Waals surface area contributed by atoms with Crippen LogP contribution >= 0.6 is 39.1 Å². The Kier molecular flexibility index (Phi) is 4.36. The van der Waals surface area contributed by atoms with E-state index in [1.807, 2.05) is 0 Å². The first kappa shape index (κ1) is 14.9. The molecule has 0 aliphatic rings. The second-order valence-corrected chi connectivity index (χ2v) is 5.77. The lowest BCUT2D eigenvalue weighted by molar-refractivity contribution is 0.0697. The monoisotopic (exact) mass is 375 g/mol. The zero-order valence-electron chi connectivity index (χ0n) is 9.98. The Bertz CT molecular complexity index is 704. The number of carboxylic acids is 1. The number of pyridine rings is 1. The first-order chi connectivity index (χ1) is 9.40. The van der Waals surface area contributed by atoms with Crippen molar-refractivity contribution in [3.8, 4) is 0 Å². The topological polar surface area (TPSA) is 92.2 Å². The van der Waals surface area contributed by atoms with Crippen LogP contribution in [0.3, 0.4) is 0 Å². The standard InChI is InChI=1S/C11H7BrClN3O3S/c1-4-7(11(18)19)10(20-16-4)15-9(17)6-2-5(12)3-14-8(6)13/h2-3H,1H3,(H,15,17)(H,18,19). The van der Waals surface area contributed by atoms with Crippen LogP contribution in [0.15, 0.2) is 16.7 Å². The van der Waals surface area contributed by atoms with Gasteiger partial charge in [0.1, 0.15) is 15.7 Å². The summed E-state index contributed by atoms with van der Waals surface area (Å²) in [5.41, 5.74) is 0.460. The molecule has 0 saturated heterocycles. The van der Waals surface area contributed by atoms with Gasteiger partial charge in [0.25, 0.3) is 5.91 Å². The number of halogens is 2. The van der Waals surface area contributed by atoms with Gasteiger partial charge < -0.3 is 10.4 Å². The van der Waals surface area contributed by atoms with Crippen LogP contribution in [-0.2, 0) is 0 Å². The molecule has 0 aliphatic heterocycles. The van der Waals surface area contributed by atoms with Gasteiger partial charge in [0.05, 0.1) is 11.3 Å². The molecule has 6 nitrogen and oxygen atoms in total. The molecule has 0 fully saturated rings. The van der Waals surface area contributed by atoms with Gasteiger partial charge in [-0.05, 0) is 40.5 Å². The Morgan fingerprint density at radius 1 is 1.50 bits per heavy atom. The van der Waals surface area contributed by atoms with E-state index in [1.54, 1.807) is 6.92 Å². The molecule has 2 aromatic rings. The Balaban J connectivity index is 2.33. The van der Waals surface area contributed by atoms with Crippen LogP contribution in [0.4, 0.5) is 5.00 Å². The van der Waals surface area contributed by atoms with Crippen LogP contribution in [0.2, 0.25) is 5.15 Å². The number of nitrogens with zero attached hydrogens (tertiary/aromatic N) is 2. The largest absolute Gasteiger partial charge is 0.478 e. The quantitative estimate of drug-likeness (QED) is 0.803. The van der Waals surface area contributed by atoms with Crippen LogP contribution < -0.4 is 5.32 Å². The Morgan fingerprint density at radius 2 is 2.20 bits per heavy atom. The minimum atomic E-state index is -1.15. The van der Waals surface area contributed by atoms with Crippen molar-refractivity contribution in [1.29, 1.82) is 0 Å². The fraction of sp³-hybridized carbons (Fsp3) is 0.0909. The molecule has 0 aromatic carbocycles. The lowest BCUT2D eigenvalue weighted by Crippen LogP contribution is -2.14. The molecule has 2 rings (SSSR count). The summed E-state index contributed by atoms with van der Waals surface area (Å²) < 4.78 is 4.50. The van der Waals surface area contributed by atoms with Gasteiger partial charge in [0.15, 0.2) is 0 Å². The van der Waals surface area contributed by atoms with Crippen molar-refractivity contribution in [2.45, 2.75) is 6.92 Å². The average molecular weight is 377 g/mol. The van der Waals surface area contributed by atoms with Gasteiger partial charge in [0.2, 0.25) is 0 Å². The summed E-state index contributed by atoms with van der Waals surface area (Å²) in [4.78, 5) is 27.0. The minimum absolute atomic E-state index is 0.0255. The molecule has 0 radical (unpaired) electrons. The molecule has 0 atom stereocenters. The molecular formula is C11H7BrClN3O3S. The van der Waals surface area contributed by atoms with E-state index in [1.165, 1.54) is 12.3 Å². The highest BCUT2D eigenvalue weighted by molar-refractivity contribution is 9.10. The highest BCUT2D eigenvalue weighted by Crippen LogP contribution is 2.26. The molecule has 2 aromatic heterocycles. The predicted octanol–water partition coefficient (Wildman–Crippen LogP) is 3.21. The molecule has 9 heteroatoms. The van der Waals surface area contributed by atoms with Gasteiger partial charge in [-0.2, -0.15) is 4.37 Å². The van der Waals surface area contributed by atoms with Crippen molar-refractivity contribution in [2.75, 3.05) is 5.32 Å². The molecule has 2 N–H and O–H groups in total. The summed E-state index contributed by atoms with van der Waals surface area (Å²) in [7, 11) is 0. The van der Waals surface area contributed by atoms with Crippen LogP contribution in [0.1, 0.15) is 26.4 Å². The second-order valence-electron chi connectivity index (χ2n) is 3.72. The molecule has 20 heavy (non-hydrogen) atoms. The summed E-state index contributed by atoms with van der Waals surface area (Å²) in [5.74, 6) is -1.69. The number of carbonyl (C=O) groups excluding carboxylic acids is 1. The zero-order chi connectivity index (χ0) is 14.9. The lowest BCUT2D eigenvalue weighted by Gasteiger charge is -2.05. The third-order valence-electron chi connectivity index (χ3n) is 2.35. The number of hydrogen-bond acceptors (Lipinski definition) is 5. The van der Waals surface area contributed by atoms with Gasteiger partial charge in [-0.1, -0.05) is 11.6 Å². The number of aryl methyl sites for hydroxylation is 1. The van der Waals surface area contributed by atoms with E-state index in [0.717, 1.165) is 11.5 Å². The van der Waals surface area contributed by atoms with E-state index in [9.17, 15) is 9.59 Å². The van der Waals surface area contributed by atoms with Crippen LogP contribution in [0.25, 0.3) is 0 Å². The molecule has 0 bridgehead atoms. The summed E-state index contributed by atoms with van der Waals surface area (Å²) >= 11 is 9.93. The fourth-order valence-electron chi connectivity index (χ4n) is 1.46. The predicted molar refractivity (Wildman–Crippen MR) is 78.7 cm³/mol. The number of carbonyl (C=O) groups is 2. The highest BCUT2D eigenvalue weighted by atomic mass is 79.9. The van der Waals surface area contributed by atoms with Crippen molar-refractivity contribution in [1.82, 2.24) is 9.36 Å². The summed E-state index contributed by atoms with van der Waals surface area (Å²) in [6.45, 7) is 1.56. The minimum Gasteiger partial charge on any atom is -0.478 e. The molecule has 0 aliphatic carbocycles. The third kappa shape index (κ3) is 2.97. The zero-order valence-corrected chi connectivity index (χ0v) is 13.1. The van der Waals surface area contributed by atoms with Crippen LogP contribution in [0, 0.1) is 6.92 Å². The molecule has 0 spiro atoms. The van der Waals surface area contributed by atoms with Crippen molar-refractivity contribution in [3.63, 3.8) is 0 Å². The van der Waals surface area contributed by atoms with Gasteiger partial charge in [-0.3, -0.25) is 4.79 Å². The average Bonchev–Trinajstić information content (AvgIpc) is 2.73. The van der Waals surface area contributed by atoms with E-state index in [0.29, 0.717) is 10.2 Å². The van der Waals surface area contributed by atoms with E-state index >= 15 is 0 Å². The van der Waals surface area contributed by atoms with Gasteiger partial charge in [-0.25, -0.2) is 9.78 Å². The van der Waals surface area contributed by atoms with Crippen molar-refractivity contribution < 1.29 is 14.7 Å². The van der Waals surface area contributed by atoms with Crippen LogP contribution in [0.5, 0.6) is 0 Å². The first-order valence-corrected chi connectivity index (χ1v) is 7.16. The van der Waals surface area contributed by atoms with Crippen molar-refractivity contribution >= 4 is 55.9 Å². The molecule has 2 heterocycles. The van der Waals surface area contributed by atoms with E-state index < -0.39 is 11.9 Å². The molecular weight excluding hydrogens is 370 g/mol. The number of anilines is 1.